The average molecular weight is 476 g/mol. The molecule has 1 amide bonds. The number of nitrogens with one attached hydrogen (secondary N) is 1. The molecule has 0 atom stereocenters. The number of benzene rings is 1. The summed E-state index contributed by atoms with van der Waals surface area (Å²) in [5.74, 6) is -0.214. The number of anilines is 1. The minimum absolute atomic E-state index is 0.0932. The fraction of sp³-hybridized carbons (Fsp3) is 0.600. The summed E-state index contributed by atoms with van der Waals surface area (Å²) < 4.78 is 3.33. The maximum Gasteiger partial charge on any atom is 0.271 e. The van der Waals surface area contributed by atoms with Crippen molar-refractivity contribution in [1.82, 2.24) is 19.6 Å². The van der Waals surface area contributed by atoms with Gasteiger partial charge in [0.25, 0.3) is 11.5 Å². The fourth-order valence-electron chi connectivity index (χ4n) is 5.08. The summed E-state index contributed by atoms with van der Waals surface area (Å²) in [6, 6.07) is 4.78. The molecule has 0 spiro atoms. The van der Waals surface area contributed by atoms with Gasteiger partial charge >= 0.3 is 0 Å². The van der Waals surface area contributed by atoms with Gasteiger partial charge in [0.05, 0.1) is 12.1 Å². The number of amides is 1. The highest BCUT2D eigenvalue weighted by Gasteiger charge is 2.28. The predicted octanol–water partition coefficient (Wildman–Crippen LogP) is 3.62. The molecule has 0 saturated heterocycles. The van der Waals surface area contributed by atoms with Crippen molar-refractivity contribution in [1.29, 1.82) is 0 Å². The first kappa shape index (κ1) is 25.4. The van der Waals surface area contributed by atoms with E-state index in [1.807, 2.05) is 27.0 Å². The molecule has 0 aliphatic heterocycles. The van der Waals surface area contributed by atoms with Gasteiger partial charge in [-0.3, -0.25) is 19.0 Å². The van der Waals surface area contributed by atoms with E-state index in [0.717, 1.165) is 36.3 Å². The Hall–Kier alpha value is -2.25. The van der Waals surface area contributed by atoms with E-state index in [9.17, 15) is 9.59 Å². The van der Waals surface area contributed by atoms with E-state index in [-0.39, 0.29) is 18.0 Å². The summed E-state index contributed by atoms with van der Waals surface area (Å²) in [5, 5.41) is 3.49. The summed E-state index contributed by atoms with van der Waals surface area (Å²) >= 11 is 6.49. The number of carbonyl (C=O) groups is 1. The third-order valence-corrected chi connectivity index (χ3v) is 7.65. The SMILES string of the molecule is CCN(c1cc(Cl)cc(C(=O)NCc2c(C)n(C)n(C)c2=O)c1C)[C@H]1CC[C@H](N(C)C)CC1. The van der Waals surface area contributed by atoms with Gasteiger partial charge in [-0.1, -0.05) is 11.6 Å². The molecule has 33 heavy (non-hydrogen) atoms. The first-order valence-corrected chi connectivity index (χ1v) is 12.2. The van der Waals surface area contributed by atoms with Crippen LogP contribution in [-0.4, -0.2) is 52.9 Å². The highest BCUT2D eigenvalue weighted by molar-refractivity contribution is 6.31. The monoisotopic (exact) mass is 475 g/mol. The lowest BCUT2D eigenvalue weighted by Crippen LogP contribution is -2.42. The van der Waals surface area contributed by atoms with Gasteiger partial charge in [-0.25, -0.2) is 0 Å². The van der Waals surface area contributed by atoms with Crippen LogP contribution in [0.5, 0.6) is 0 Å². The molecule has 1 heterocycles. The summed E-state index contributed by atoms with van der Waals surface area (Å²) in [6.07, 6.45) is 4.60. The number of rotatable bonds is 7. The van der Waals surface area contributed by atoms with Crippen molar-refractivity contribution in [2.45, 2.75) is 65.1 Å². The van der Waals surface area contributed by atoms with Crippen molar-refractivity contribution in [3.63, 3.8) is 0 Å². The summed E-state index contributed by atoms with van der Waals surface area (Å²) in [4.78, 5) is 30.3. The van der Waals surface area contributed by atoms with E-state index in [2.05, 4.69) is 36.1 Å². The normalized spacial score (nSPS) is 18.6. The number of halogens is 1. The van der Waals surface area contributed by atoms with Crippen LogP contribution in [-0.2, 0) is 20.6 Å². The molecule has 0 radical (unpaired) electrons. The van der Waals surface area contributed by atoms with E-state index < -0.39 is 0 Å². The lowest BCUT2D eigenvalue weighted by atomic mass is 9.89. The summed E-state index contributed by atoms with van der Waals surface area (Å²) in [6.45, 7) is 7.08. The summed E-state index contributed by atoms with van der Waals surface area (Å²) in [7, 11) is 7.86. The van der Waals surface area contributed by atoms with Crippen LogP contribution in [0.2, 0.25) is 5.02 Å². The van der Waals surface area contributed by atoms with Crippen LogP contribution in [0.1, 0.15) is 59.8 Å². The third kappa shape index (κ3) is 5.14. The number of nitrogens with zero attached hydrogens (tertiary/aromatic N) is 4. The van der Waals surface area contributed by atoms with E-state index in [1.165, 1.54) is 12.8 Å². The molecule has 2 aromatic rings. The zero-order valence-electron chi connectivity index (χ0n) is 21.0. The van der Waals surface area contributed by atoms with Gasteiger partial charge in [0.15, 0.2) is 0 Å². The maximum absolute atomic E-state index is 13.2. The largest absolute Gasteiger partial charge is 0.369 e. The topological polar surface area (TPSA) is 62.5 Å². The molecule has 1 aliphatic carbocycles. The van der Waals surface area contributed by atoms with Crippen LogP contribution in [0.25, 0.3) is 0 Å². The number of carbonyl (C=O) groups excluding carboxylic acids is 1. The van der Waals surface area contributed by atoms with Crippen LogP contribution in [0.15, 0.2) is 16.9 Å². The molecule has 182 valence electrons. The zero-order valence-corrected chi connectivity index (χ0v) is 21.8. The van der Waals surface area contributed by atoms with Crippen molar-refractivity contribution in [2.75, 3.05) is 25.5 Å². The Morgan fingerprint density at radius 1 is 1.09 bits per heavy atom. The minimum Gasteiger partial charge on any atom is -0.369 e. The molecular weight excluding hydrogens is 438 g/mol. The molecule has 1 N–H and O–H groups in total. The Kier molecular flexibility index (Phi) is 7.96. The third-order valence-electron chi connectivity index (χ3n) is 7.43. The van der Waals surface area contributed by atoms with E-state index in [4.69, 9.17) is 11.6 Å². The van der Waals surface area contributed by atoms with Crippen molar-refractivity contribution in [3.05, 3.63) is 49.9 Å². The Bertz CT molecular complexity index is 1060. The molecule has 1 aromatic carbocycles. The van der Waals surface area contributed by atoms with E-state index >= 15 is 0 Å². The van der Waals surface area contributed by atoms with Crippen molar-refractivity contribution >= 4 is 23.2 Å². The van der Waals surface area contributed by atoms with Gasteiger partial charge in [0.2, 0.25) is 0 Å². The Morgan fingerprint density at radius 2 is 1.70 bits per heavy atom. The molecule has 0 unspecified atom stereocenters. The van der Waals surface area contributed by atoms with Crippen molar-refractivity contribution in [3.8, 4) is 0 Å². The van der Waals surface area contributed by atoms with E-state index in [0.29, 0.717) is 28.2 Å². The van der Waals surface area contributed by atoms with Crippen LogP contribution < -0.4 is 15.8 Å². The highest BCUT2D eigenvalue weighted by atomic mass is 35.5. The van der Waals surface area contributed by atoms with Crippen LogP contribution in [0.3, 0.4) is 0 Å². The van der Waals surface area contributed by atoms with Gasteiger partial charge in [-0.2, -0.15) is 0 Å². The summed E-state index contributed by atoms with van der Waals surface area (Å²) in [5.41, 5.74) is 3.85. The number of hydrogen-bond acceptors (Lipinski definition) is 4. The first-order valence-electron chi connectivity index (χ1n) is 11.8. The van der Waals surface area contributed by atoms with Crippen LogP contribution >= 0.6 is 11.6 Å². The van der Waals surface area contributed by atoms with Gasteiger partial charge in [0.1, 0.15) is 0 Å². The Morgan fingerprint density at radius 3 is 2.21 bits per heavy atom. The standard InChI is InChI=1S/C25H38ClN5O2/c1-8-31(20-11-9-19(10-12-20)28(4)5)23-14-18(26)13-21(16(23)2)24(32)27-15-22-17(3)29(6)30(7)25(22)33/h13-14,19-20H,8-12,15H2,1-7H3,(H,27,32)/t19-,20-. The molecule has 3 rings (SSSR count). The molecule has 1 saturated carbocycles. The van der Waals surface area contributed by atoms with Gasteiger partial charge in [-0.05, 0) is 78.2 Å². The maximum atomic E-state index is 13.2. The van der Waals surface area contributed by atoms with Crippen molar-refractivity contribution in [2.24, 2.45) is 14.1 Å². The van der Waals surface area contributed by atoms with Gasteiger partial charge < -0.3 is 15.1 Å². The molecule has 1 fully saturated rings. The van der Waals surface area contributed by atoms with Crippen LogP contribution in [0.4, 0.5) is 5.69 Å². The minimum atomic E-state index is -0.214. The molecule has 7 nitrogen and oxygen atoms in total. The fourth-order valence-corrected chi connectivity index (χ4v) is 5.30. The van der Waals surface area contributed by atoms with Gasteiger partial charge in [-0.15, -0.1) is 0 Å². The number of hydrogen-bond donors (Lipinski definition) is 1. The molecule has 1 aliphatic rings. The molecule has 1 aromatic heterocycles. The second-order valence-corrected chi connectivity index (χ2v) is 9.84. The Labute approximate surface area is 202 Å². The highest BCUT2D eigenvalue weighted by Crippen LogP contribution is 2.34. The molecule has 8 heteroatoms. The van der Waals surface area contributed by atoms with Crippen LogP contribution in [0, 0.1) is 13.8 Å². The first-order chi connectivity index (χ1) is 15.6. The smallest absolute Gasteiger partial charge is 0.271 e. The van der Waals surface area contributed by atoms with E-state index in [1.54, 1.807) is 22.5 Å². The van der Waals surface area contributed by atoms with Gasteiger partial charge in [0, 0.05) is 54.7 Å². The molecular formula is C25H38ClN5O2. The predicted molar refractivity (Wildman–Crippen MR) is 136 cm³/mol. The van der Waals surface area contributed by atoms with Crippen molar-refractivity contribution < 1.29 is 4.79 Å². The second kappa shape index (κ2) is 10.3. The number of aromatic nitrogens is 2. The molecule has 0 bridgehead atoms. The average Bonchev–Trinajstić information content (AvgIpc) is 2.97. The lowest BCUT2D eigenvalue weighted by Gasteiger charge is -2.40. The second-order valence-electron chi connectivity index (χ2n) is 9.41. The quantitative estimate of drug-likeness (QED) is 0.664. The lowest BCUT2D eigenvalue weighted by molar-refractivity contribution is 0.0950. The zero-order chi connectivity index (χ0) is 24.4. The Balaban J connectivity index is 1.82.